The number of amides is 1. The molecule has 0 fully saturated rings. The molecule has 1 heterocycles. The van der Waals surface area contributed by atoms with Crippen LogP contribution in [0.15, 0.2) is 66.7 Å². The predicted octanol–water partition coefficient (Wildman–Crippen LogP) is 4.39. The fourth-order valence-corrected chi connectivity index (χ4v) is 2.75. The number of benzene rings is 2. The van der Waals surface area contributed by atoms with Gasteiger partial charge in [-0.3, -0.25) is 4.79 Å². The van der Waals surface area contributed by atoms with Gasteiger partial charge in [0.25, 0.3) is 5.91 Å². The fourth-order valence-electron chi connectivity index (χ4n) is 2.50. The lowest BCUT2D eigenvalue weighted by atomic mass is 10.2. The first-order chi connectivity index (χ1) is 13.6. The van der Waals surface area contributed by atoms with Crippen LogP contribution in [0.5, 0.6) is 0 Å². The van der Waals surface area contributed by atoms with Crippen molar-refractivity contribution in [1.29, 1.82) is 0 Å². The van der Waals surface area contributed by atoms with Crippen molar-refractivity contribution >= 4 is 34.9 Å². The number of methoxy groups -OCH3 is 1. The lowest BCUT2D eigenvalue weighted by Crippen LogP contribution is -2.16. The van der Waals surface area contributed by atoms with E-state index >= 15 is 0 Å². The molecule has 0 unspecified atom stereocenters. The minimum absolute atomic E-state index is 0.0636. The Balaban J connectivity index is 1.67. The maximum Gasteiger partial charge on any atom is 0.356 e. The largest absolute Gasteiger partial charge is 0.464 e. The van der Waals surface area contributed by atoms with Gasteiger partial charge in [-0.25, -0.2) is 9.78 Å². The third-order valence-corrected chi connectivity index (χ3v) is 4.24. The monoisotopic (exact) mass is 395 g/mol. The van der Waals surface area contributed by atoms with Crippen LogP contribution in [-0.4, -0.2) is 24.0 Å². The number of halogens is 1. The highest BCUT2D eigenvalue weighted by Crippen LogP contribution is 2.26. The number of pyridine rings is 1. The Morgan fingerprint density at radius 2 is 1.75 bits per heavy atom. The molecule has 0 saturated carbocycles. The highest BCUT2D eigenvalue weighted by atomic mass is 35.5. The number of hydrogen-bond donors (Lipinski definition) is 2. The number of nitrogens with one attached hydrogen (secondary N) is 2. The van der Waals surface area contributed by atoms with Gasteiger partial charge in [0.15, 0.2) is 0 Å². The Labute approximate surface area is 167 Å². The molecule has 28 heavy (non-hydrogen) atoms. The van der Waals surface area contributed by atoms with E-state index in [1.165, 1.54) is 19.2 Å². The SMILES string of the molecule is COC(=O)c1cccc(C(=O)Nc2ccc(NCc3ccccc3)c(Cl)c2)n1. The number of carbonyl (C=O) groups is 2. The van der Waals surface area contributed by atoms with E-state index in [9.17, 15) is 9.59 Å². The molecule has 0 aliphatic heterocycles. The Kier molecular flexibility index (Phi) is 6.24. The second-order valence-electron chi connectivity index (χ2n) is 5.89. The summed E-state index contributed by atoms with van der Waals surface area (Å²) in [5.41, 5.74) is 2.58. The van der Waals surface area contributed by atoms with Crippen LogP contribution in [0.3, 0.4) is 0 Å². The highest BCUT2D eigenvalue weighted by Gasteiger charge is 2.13. The van der Waals surface area contributed by atoms with Crippen molar-refractivity contribution < 1.29 is 14.3 Å². The van der Waals surface area contributed by atoms with Crippen molar-refractivity contribution in [3.8, 4) is 0 Å². The fraction of sp³-hybridized carbons (Fsp3) is 0.0952. The van der Waals surface area contributed by atoms with Crippen LogP contribution < -0.4 is 10.6 Å². The molecule has 0 radical (unpaired) electrons. The molecule has 3 rings (SSSR count). The molecule has 7 heteroatoms. The maximum atomic E-state index is 12.4. The first kappa shape index (κ1) is 19.4. The van der Waals surface area contributed by atoms with E-state index in [1.54, 1.807) is 24.3 Å². The summed E-state index contributed by atoms with van der Waals surface area (Å²) in [6.45, 7) is 0.635. The quantitative estimate of drug-likeness (QED) is 0.605. The average molecular weight is 396 g/mol. The Hall–Kier alpha value is -3.38. The number of nitrogens with zero attached hydrogens (tertiary/aromatic N) is 1. The first-order valence-electron chi connectivity index (χ1n) is 8.51. The van der Waals surface area contributed by atoms with Gasteiger partial charge >= 0.3 is 5.97 Å². The molecule has 142 valence electrons. The molecular weight excluding hydrogens is 378 g/mol. The molecule has 0 bridgehead atoms. The van der Waals surface area contributed by atoms with Gasteiger partial charge in [-0.05, 0) is 35.9 Å². The summed E-state index contributed by atoms with van der Waals surface area (Å²) < 4.78 is 4.62. The van der Waals surface area contributed by atoms with Crippen molar-refractivity contribution in [3.05, 3.63) is 88.7 Å². The maximum absolute atomic E-state index is 12.4. The molecule has 0 saturated heterocycles. The number of carbonyl (C=O) groups excluding carboxylic acids is 2. The minimum atomic E-state index is -0.605. The number of esters is 1. The first-order valence-corrected chi connectivity index (χ1v) is 8.88. The van der Waals surface area contributed by atoms with E-state index in [-0.39, 0.29) is 11.4 Å². The van der Waals surface area contributed by atoms with Crippen LogP contribution in [-0.2, 0) is 11.3 Å². The Bertz CT molecular complexity index is 993. The topological polar surface area (TPSA) is 80.3 Å². The third kappa shape index (κ3) is 4.86. The smallest absolute Gasteiger partial charge is 0.356 e. The van der Waals surface area contributed by atoms with E-state index in [0.717, 1.165) is 11.3 Å². The summed E-state index contributed by atoms with van der Waals surface area (Å²) in [7, 11) is 1.26. The van der Waals surface area contributed by atoms with Gasteiger partial charge in [-0.1, -0.05) is 48.0 Å². The minimum Gasteiger partial charge on any atom is -0.464 e. The van der Waals surface area contributed by atoms with Crippen molar-refractivity contribution in [1.82, 2.24) is 4.98 Å². The highest BCUT2D eigenvalue weighted by molar-refractivity contribution is 6.33. The Morgan fingerprint density at radius 3 is 2.46 bits per heavy atom. The predicted molar refractivity (Wildman–Crippen MR) is 109 cm³/mol. The van der Waals surface area contributed by atoms with Crippen molar-refractivity contribution in [2.75, 3.05) is 17.7 Å². The zero-order valence-corrected chi connectivity index (χ0v) is 15.9. The molecule has 3 aromatic rings. The lowest BCUT2D eigenvalue weighted by molar-refractivity contribution is 0.0594. The van der Waals surface area contributed by atoms with E-state index in [2.05, 4.69) is 20.4 Å². The zero-order chi connectivity index (χ0) is 19.9. The summed E-state index contributed by atoms with van der Waals surface area (Å²) in [5.74, 6) is -1.06. The second kappa shape index (κ2) is 9.01. The van der Waals surface area contributed by atoms with E-state index < -0.39 is 11.9 Å². The molecule has 6 nitrogen and oxygen atoms in total. The number of hydrogen-bond acceptors (Lipinski definition) is 5. The van der Waals surface area contributed by atoms with E-state index in [0.29, 0.717) is 17.3 Å². The van der Waals surface area contributed by atoms with Gasteiger partial charge in [0.1, 0.15) is 11.4 Å². The van der Waals surface area contributed by atoms with E-state index in [4.69, 9.17) is 11.6 Å². The van der Waals surface area contributed by atoms with Gasteiger partial charge in [0.2, 0.25) is 0 Å². The number of aromatic nitrogens is 1. The van der Waals surface area contributed by atoms with Crippen LogP contribution >= 0.6 is 11.6 Å². The standard InChI is InChI=1S/C21H18ClN3O3/c1-28-21(27)19-9-5-8-18(25-19)20(26)24-15-10-11-17(16(22)12-15)23-13-14-6-3-2-4-7-14/h2-12,23H,13H2,1H3,(H,24,26). The van der Waals surface area contributed by atoms with Crippen LogP contribution in [0.25, 0.3) is 0 Å². The molecule has 2 N–H and O–H groups in total. The molecule has 0 aliphatic rings. The van der Waals surface area contributed by atoms with Gasteiger partial charge in [0.05, 0.1) is 17.8 Å². The van der Waals surface area contributed by atoms with Crippen LogP contribution in [0, 0.1) is 0 Å². The molecule has 0 atom stereocenters. The number of rotatable bonds is 6. The van der Waals surface area contributed by atoms with Gasteiger partial charge < -0.3 is 15.4 Å². The molecular formula is C21H18ClN3O3. The molecule has 0 spiro atoms. The van der Waals surface area contributed by atoms with Crippen molar-refractivity contribution in [2.24, 2.45) is 0 Å². The summed E-state index contributed by atoms with van der Waals surface area (Å²) in [4.78, 5) is 28.0. The molecule has 1 aromatic heterocycles. The number of ether oxygens (including phenoxy) is 1. The molecule has 2 aromatic carbocycles. The van der Waals surface area contributed by atoms with E-state index in [1.807, 2.05) is 30.3 Å². The van der Waals surface area contributed by atoms with Crippen LogP contribution in [0.4, 0.5) is 11.4 Å². The van der Waals surface area contributed by atoms with Gasteiger partial charge in [-0.15, -0.1) is 0 Å². The Morgan fingerprint density at radius 1 is 1.00 bits per heavy atom. The summed E-state index contributed by atoms with van der Waals surface area (Å²) >= 11 is 6.32. The van der Waals surface area contributed by atoms with Crippen LogP contribution in [0.1, 0.15) is 26.5 Å². The second-order valence-corrected chi connectivity index (χ2v) is 6.29. The van der Waals surface area contributed by atoms with Crippen molar-refractivity contribution in [2.45, 2.75) is 6.54 Å². The molecule has 1 amide bonds. The third-order valence-electron chi connectivity index (χ3n) is 3.93. The normalized spacial score (nSPS) is 10.2. The number of anilines is 2. The summed E-state index contributed by atoms with van der Waals surface area (Å²) in [5, 5.41) is 6.45. The van der Waals surface area contributed by atoms with Gasteiger partial charge in [0, 0.05) is 12.2 Å². The summed E-state index contributed by atoms with van der Waals surface area (Å²) in [6, 6.07) is 19.7. The lowest BCUT2D eigenvalue weighted by Gasteiger charge is -2.11. The zero-order valence-electron chi connectivity index (χ0n) is 15.1. The average Bonchev–Trinajstić information content (AvgIpc) is 2.73. The van der Waals surface area contributed by atoms with Crippen LogP contribution in [0.2, 0.25) is 5.02 Å². The molecule has 0 aliphatic carbocycles. The summed E-state index contributed by atoms with van der Waals surface area (Å²) in [6.07, 6.45) is 0. The van der Waals surface area contributed by atoms with Crippen molar-refractivity contribution in [3.63, 3.8) is 0 Å². The van der Waals surface area contributed by atoms with Gasteiger partial charge in [-0.2, -0.15) is 0 Å².